The zero-order valence-electron chi connectivity index (χ0n) is 12.3. The highest BCUT2D eigenvalue weighted by Gasteiger charge is 2.11. The minimum absolute atomic E-state index is 0.153. The van der Waals surface area contributed by atoms with Gasteiger partial charge in [-0.25, -0.2) is 0 Å². The molecule has 2 rings (SSSR count). The number of nitrogens with zero attached hydrogens (tertiary/aromatic N) is 1. The van der Waals surface area contributed by atoms with E-state index < -0.39 is 0 Å². The van der Waals surface area contributed by atoms with Gasteiger partial charge in [0.15, 0.2) is 0 Å². The van der Waals surface area contributed by atoms with Gasteiger partial charge >= 0.3 is 0 Å². The molecule has 0 radical (unpaired) electrons. The van der Waals surface area contributed by atoms with Crippen molar-refractivity contribution in [3.05, 3.63) is 51.9 Å². The highest BCUT2D eigenvalue weighted by Crippen LogP contribution is 2.24. The monoisotopic (exact) mass is 282 g/mol. The molecule has 1 aromatic heterocycles. The Bertz CT molecular complexity index is 709. The Labute approximate surface area is 124 Å². The van der Waals surface area contributed by atoms with Crippen LogP contribution in [0.3, 0.4) is 0 Å². The molecule has 1 N–H and O–H groups in total. The van der Waals surface area contributed by atoms with Crippen LogP contribution in [-0.4, -0.2) is 12.1 Å². The minimum atomic E-state index is -0.322. The van der Waals surface area contributed by atoms with Crippen LogP contribution in [0.4, 0.5) is 0 Å². The number of ether oxygens (including phenoxy) is 1. The number of aromatic amines is 1. The number of pyridine rings is 1. The predicted molar refractivity (Wildman–Crippen MR) is 82.4 cm³/mol. The second-order valence-corrected chi connectivity index (χ2v) is 4.86. The molecular formula is C17H18N2O2. The molecule has 0 aliphatic heterocycles. The van der Waals surface area contributed by atoms with Gasteiger partial charge in [0.2, 0.25) is 0 Å². The minimum Gasteiger partial charge on any atom is -0.497 e. The van der Waals surface area contributed by atoms with Crippen LogP contribution >= 0.6 is 0 Å². The third-order valence-corrected chi connectivity index (χ3v) is 3.40. The van der Waals surface area contributed by atoms with Crippen molar-refractivity contribution in [3.63, 3.8) is 0 Å². The number of hydrogen-bond donors (Lipinski definition) is 1. The lowest BCUT2D eigenvalue weighted by Crippen LogP contribution is -2.14. The molecule has 0 saturated carbocycles. The highest BCUT2D eigenvalue weighted by atomic mass is 16.5. The standard InChI is InChI=1S/C17H18N2O2/c1-3-4-5-13-10-15(16(11-18)17(20)19-13)12-6-8-14(21-2)9-7-12/h6-10H,3-5H2,1-2H3,(H,19,20). The van der Waals surface area contributed by atoms with E-state index in [9.17, 15) is 10.1 Å². The van der Waals surface area contributed by atoms with Crippen molar-refractivity contribution in [1.82, 2.24) is 4.98 Å². The van der Waals surface area contributed by atoms with Crippen molar-refractivity contribution < 1.29 is 4.74 Å². The van der Waals surface area contributed by atoms with E-state index in [-0.39, 0.29) is 11.1 Å². The molecule has 0 spiro atoms. The summed E-state index contributed by atoms with van der Waals surface area (Å²) in [5.74, 6) is 0.744. The fraction of sp³-hybridized carbons (Fsp3) is 0.294. The van der Waals surface area contributed by atoms with E-state index in [2.05, 4.69) is 11.9 Å². The summed E-state index contributed by atoms with van der Waals surface area (Å²) in [6, 6.07) is 11.3. The number of rotatable bonds is 5. The summed E-state index contributed by atoms with van der Waals surface area (Å²) >= 11 is 0. The normalized spacial score (nSPS) is 10.1. The summed E-state index contributed by atoms with van der Waals surface area (Å²) in [5.41, 5.74) is 2.22. The second kappa shape index (κ2) is 6.76. The lowest BCUT2D eigenvalue weighted by Gasteiger charge is -2.08. The fourth-order valence-corrected chi connectivity index (χ4v) is 2.22. The van der Waals surface area contributed by atoms with Gasteiger partial charge in [-0.1, -0.05) is 25.5 Å². The van der Waals surface area contributed by atoms with Crippen molar-refractivity contribution in [2.45, 2.75) is 26.2 Å². The van der Waals surface area contributed by atoms with Gasteiger partial charge in [-0.2, -0.15) is 5.26 Å². The SMILES string of the molecule is CCCCc1cc(-c2ccc(OC)cc2)c(C#N)c(=O)[nH]1. The van der Waals surface area contributed by atoms with Gasteiger partial charge in [-0.3, -0.25) is 4.79 Å². The van der Waals surface area contributed by atoms with Gasteiger partial charge in [0.05, 0.1) is 7.11 Å². The Morgan fingerprint density at radius 1 is 1.29 bits per heavy atom. The van der Waals surface area contributed by atoms with Crippen LogP contribution in [0.2, 0.25) is 0 Å². The number of aromatic nitrogens is 1. The van der Waals surface area contributed by atoms with E-state index in [0.717, 1.165) is 36.3 Å². The molecule has 4 nitrogen and oxygen atoms in total. The molecule has 2 aromatic rings. The first-order chi connectivity index (χ1) is 10.2. The molecule has 4 heteroatoms. The van der Waals surface area contributed by atoms with Crippen LogP contribution in [-0.2, 0) is 6.42 Å². The molecule has 21 heavy (non-hydrogen) atoms. The van der Waals surface area contributed by atoms with Crippen molar-refractivity contribution in [2.75, 3.05) is 7.11 Å². The van der Waals surface area contributed by atoms with E-state index in [1.807, 2.05) is 36.4 Å². The number of unbranched alkanes of at least 4 members (excludes halogenated alkanes) is 1. The average Bonchev–Trinajstić information content (AvgIpc) is 2.52. The van der Waals surface area contributed by atoms with Gasteiger partial charge < -0.3 is 9.72 Å². The lowest BCUT2D eigenvalue weighted by atomic mass is 10.00. The van der Waals surface area contributed by atoms with Gasteiger partial charge in [-0.15, -0.1) is 0 Å². The van der Waals surface area contributed by atoms with Crippen LogP contribution in [0, 0.1) is 11.3 Å². The summed E-state index contributed by atoms with van der Waals surface area (Å²) < 4.78 is 5.13. The Hall–Kier alpha value is -2.54. The molecule has 0 amide bonds. The first-order valence-electron chi connectivity index (χ1n) is 7.00. The summed E-state index contributed by atoms with van der Waals surface area (Å²) in [6.45, 7) is 2.10. The summed E-state index contributed by atoms with van der Waals surface area (Å²) in [5, 5.41) is 9.23. The maximum atomic E-state index is 12.0. The van der Waals surface area contributed by atoms with Crippen molar-refractivity contribution in [2.24, 2.45) is 0 Å². The lowest BCUT2D eigenvalue weighted by molar-refractivity contribution is 0.415. The van der Waals surface area contributed by atoms with E-state index >= 15 is 0 Å². The van der Waals surface area contributed by atoms with Crippen molar-refractivity contribution >= 4 is 0 Å². The molecule has 0 unspecified atom stereocenters. The topological polar surface area (TPSA) is 65.9 Å². The molecular weight excluding hydrogens is 264 g/mol. The van der Waals surface area contributed by atoms with Crippen LogP contribution < -0.4 is 10.3 Å². The molecule has 0 aliphatic carbocycles. The first kappa shape index (κ1) is 14.9. The van der Waals surface area contributed by atoms with E-state index in [1.54, 1.807) is 7.11 Å². The van der Waals surface area contributed by atoms with Gasteiger partial charge in [0.1, 0.15) is 17.4 Å². The summed E-state index contributed by atoms with van der Waals surface area (Å²) in [6.07, 6.45) is 2.87. The Balaban J connectivity index is 2.51. The quantitative estimate of drug-likeness (QED) is 0.915. The molecule has 108 valence electrons. The third-order valence-electron chi connectivity index (χ3n) is 3.40. The largest absolute Gasteiger partial charge is 0.497 e. The molecule has 0 saturated heterocycles. The molecule has 0 aliphatic rings. The van der Waals surface area contributed by atoms with Crippen molar-refractivity contribution in [3.8, 4) is 22.9 Å². The Morgan fingerprint density at radius 3 is 2.57 bits per heavy atom. The number of H-pyrrole nitrogens is 1. The maximum Gasteiger partial charge on any atom is 0.266 e. The van der Waals surface area contributed by atoms with Gasteiger partial charge in [0.25, 0.3) is 5.56 Å². The number of aryl methyl sites for hydroxylation is 1. The molecule has 1 heterocycles. The van der Waals surface area contributed by atoms with Gasteiger partial charge in [0, 0.05) is 11.3 Å². The van der Waals surface area contributed by atoms with Crippen LogP contribution in [0.1, 0.15) is 31.0 Å². The summed E-state index contributed by atoms with van der Waals surface area (Å²) in [7, 11) is 1.60. The number of benzene rings is 1. The highest BCUT2D eigenvalue weighted by molar-refractivity contribution is 5.70. The molecule has 0 atom stereocenters. The molecule has 0 fully saturated rings. The molecule has 0 bridgehead atoms. The van der Waals surface area contributed by atoms with E-state index in [0.29, 0.717) is 5.56 Å². The van der Waals surface area contributed by atoms with Crippen LogP contribution in [0.25, 0.3) is 11.1 Å². The third kappa shape index (κ3) is 3.32. The number of hydrogen-bond acceptors (Lipinski definition) is 3. The average molecular weight is 282 g/mol. The van der Waals surface area contributed by atoms with Crippen LogP contribution in [0.5, 0.6) is 5.75 Å². The maximum absolute atomic E-state index is 12.0. The fourth-order valence-electron chi connectivity index (χ4n) is 2.22. The zero-order chi connectivity index (χ0) is 15.2. The number of nitrogens with one attached hydrogen (secondary N) is 1. The predicted octanol–water partition coefficient (Wildman–Crippen LogP) is 3.26. The first-order valence-corrected chi connectivity index (χ1v) is 7.00. The van der Waals surface area contributed by atoms with Crippen molar-refractivity contribution in [1.29, 1.82) is 5.26 Å². The zero-order valence-corrected chi connectivity index (χ0v) is 12.3. The Morgan fingerprint density at radius 2 is 2.00 bits per heavy atom. The Kier molecular flexibility index (Phi) is 4.78. The number of nitriles is 1. The van der Waals surface area contributed by atoms with Gasteiger partial charge in [-0.05, 0) is 36.6 Å². The van der Waals surface area contributed by atoms with Crippen LogP contribution in [0.15, 0.2) is 35.1 Å². The van der Waals surface area contributed by atoms with E-state index in [4.69, 9.17) is 4.74 Å². The number of methoxy groups -OCH3 is 1. The van der Waals surface area contributed by atoms with E-state index in [1.165, 1.54) is 0 Å². The second-order valence-electron chi connectivity index (χ2n) is 4.86. The molecule has 1 aromatic carbocycles. The summed E-state index contributed by atoms with van der Waals surface area (Å²) in [4.78, 5) is 14.8. The smallest absolute Gasteiger partial charge is 0.266 e.